The van der Waals surface area contributed by atoms with E-state index in [2.05, 4.69) is 20.9 Å². The van der Waals surface area contributed by atoms with Crippen LogP contribution in [0.1, 0.15) is 5.56 Å². The molecule has 88 valence electrons. The van der Waals surface area contributed by atoms with Crippen LogP contribution in [0.5, 0.6) is 0 Å². The molecule has 1 heterocycles. The minimum absolute atomic E-state index is 0.0166. The van der Waals surface area contributed by atoms with Gasteiger partial charge < -0.3 is 4.55 Å². The zero-order valence-electron chi connectivity index (χ0n) is 8.80. The number of hydrogen-bond acceptors (Lipinski definition) is 3. The average Bonchev–Trinajstić information content (AvgIpc) is 2.29. The highest BCUT2D eigenvalue weighted by Crippen LogP contribution is 2.25. The predicted octanol–water partition coefficient (Wildman–Crippen LogP) is 2.89. The lowest BCUT2D eigenvalue weighted by Crippen LogP contribution is -1.96. The Morgan fingerprint density at radius 2 is 2.06 bits per heavy atom. The zero-order chi connectivity index (χ0) is 12.3. The molecule has 1 aromatic carbocycles. The maximum absolute atomic E-state index is 10.8. The standard InChI is InChI=1S/C12H10BrNO2S/c13-11-5-10(6-14-7-11)12-4-2-1-3-9(12)8-17(15)16/h1-7H,8H2,(H,15,16)/p-1. The van der Waals surface area contributed by atoms with Gasteiger partial charge >= 0.3 is 0 Å². The Labute approximate surface area is 110 Å². The van der Waals surface area contributed by atoms with Crippen molar-refractivity contribution < 1.29 is 8.76 Å². The van der Waals surface area contributed by atoms with Gasteiger partial charge in [0.1, 0.15) is 0 Å². The first kappa shape index (κ1) is 12.4. The van der Waals surface area contributed by atoms with Crippen molar-refractivity contribution in [2.24, 2.45) is 0 Å². The summed E-state index contributed by atoms with van der Waals surface area (Å²) in [5.74, 6) is 0.0166. The van der Waals surface area contributed by atoms with Crippen LogP contribution in [0.3, 0.4) is 0 Å². The Hall–Kier alpha value is -1.04. The molecule has 5 heteroatoms. The number of aromatic nitrogens is 1. The highest BCUT2D eigenvalue weighted by atomic mass is 79.9. The number of nitrogens with zero attached hydrogens (tertiary/aromatic N) is 1. The minimum Gasteiger partial charge on any atom is -0.772 e. The first-order valence-corrected chi connectivity index (χ1v) is 6.95. The lowest BCUT2D eigenvalue weighted by molar-refractivity contribution is 0.536. The topological polar surface area (TPSA) is 53.0 Å². The van der Waals surface area contributed by atoms with Gasteiger partial charge in [-0.25, -0.2) is 0 Å². The molecule has 17 heavy (non-hydrogen) atoms. The van der Waals surface area contributed by atoms with Gasteiger partial charge in [0.15, 0.2) is 0 Å². The summed E-state index contributed by atoms with van der Waals surface area (Å²) >= 11 is 1.26. The highest BCUT2D eigenvalue weighted by molar-refractivity contribution is 9.10. The molecule has 1 unspecified atom stereocenters. The Morgan fingerprint density at radius 1 is 1.29 bits per heavy atom. The Kier molecular flexibility index (Phi) is 4.04. The van der Waals surface area contributed by atoms with Crippen molar-refractivity contribution in [3.05, 3.63) is 52.8 Å². The van der Waals surface area contributed by atoms with E-state index in [1.807, 2.05) is 30.3 Å². The highest BCUT2D eigenvalue weighted by Gasteiger charge is 2.05. The van der Waals surface area contributed by atoms with E-state index >= 15 is 0 Å². The van der Waals surface area contributed by atoms with E-state index in [9.17, 15) is 8.76 Å². The van der Waals surface area contributed by atoms with Crippen LogP contribution in [0.15, 0.2) is 47.2 Å². The normalized spacial score (nSPS) is 12.4. The number of benzene rings is 1. The molecular weight excluding hydrogens is 302 g/mol. The van der Waals surface area contributed by atoms with Gasteiger partial charge in [-0.3, -0.25) is 9.19 Å². The van der Waals surface area contributed by atoms with Gasteiger partial charge in [0.2, 0.25) is 0 Å². The van der Waals surface area contributed by atoms with Crippen LogP contribution >= 0.6 is 15.9 Å². The summed E-state index contributed by atoms with van der Waals surface area (Å²) < 4.78 is 22.5. The van der Waals surface area contributed by atoms with Gasteiger partial charge in [-0.05, 0) is 33.1 Å². The number of hydrogen-bond donors (Lipinski definition) is 0. The van der Waals surface area contributed by atoms with Gasteiger partial charge in [0, 0.05) is 28.2 Å². The van der Waals surface area contributed by atoms with Gasteiger partial charge in [0.05, 0.1) is 0 Å². The second kappa shape index (κ2) is 5.53. The fourth-order valence-corrected chi connectivity index (χ4v) is 2.48. The second-order valence-electron chi connectivity index (χ2n) is 3.50. The fourth-order valence-electron chi connectivity index (χ4n) is 1.61. The minimum atomic E-state index is -2.09. The average molecular weight is 311 g/mol. The summed E-state index contributed by atoms with van der Waals surface area (Å²) in [6, 6.07) is 9.34. The van der Waals surface area contributed by atoms with Crippen LogP contribution in [0.25, 0.3) is 11.1 Å². The molecule has 0 N–H and O–H groups in total. The zero-order valence-corrected chi connectivity index (χ0v) is 11.2. The van der Waals surface area contributed by atoms with Gasteiger partial charge in [-0.2, -0.15) is 0 Å². The molecule has 1 atom stereocenters. The molecule has 2 aromatic rings. The van der Waals surface area contributed by atoms with Crippen molar-refractivity contribution >= 4 is 27.0 Å². The summed E-state index contributed by atoms with van der Waals surface area (Å²) in [7, 11) is 0. The molecule has 0 radical (unpaired) electrons. The van der Waals surface area contributed by atoms with E-state index in [-0.39, 0.29) is 5.75 Å². The van der Waals surface area contributed by atoms with Crippen molar-refractivity contribution in [3.8, 4) is 11.1 Å². The molecule has 0 saturated heterocycles. The van der Waals surface area contributed by atoms with E-state index in [0.717, 1.165) is 21.2 Å². The van der Waals surface area contributed by atoms with E-state index in [0.29, 0.717) is 0 Å². The molecule has 0 fully saturated rings. The Bertz CT molecular complexity index is 560. The molecule has 0 saturated carbocycles. The van der Waals surface area contributed by atoms with Crippen LogP contribution in [-0.4, -0.2) is 13.7 Å². The van der Waals surface area contributed by atoms with E-state index in [1.165, 1.54) is 0 Å². The smallest absolute Gasteiger partial charge is 0.0410 e. The summed E-state index contributed by atoms with van der Waals surface area (Å²) in [5.41, 5.74) is 2.58. The van der Waals surface area contributed by atoms with Crippen molar-refractivity contribution in [2.45, 2.75) is 5.75 Å². The Balaban J connectivity index is 2.47. The molecule has 2 rings (SSSR count). The van der Waals surface area contributed by atoms with Crippen molar-refractivity contribution in [1.29, 1.82) is 0 Å². The molecule has 0 amide bonds. The number of halogens is 1. The quantitative estimate of drug-likeness (QED) is 0.819. The molecule has 0 aliphatic carbocycles. The van der Waals surface area contributed by atoms with Crippen molar-refractivity contribution in [3.63, 3.8) is 0 Å². The number of pyridine rings is 1. The molecule has 0 aliphatic rings. The van der Waals surface area contributed by atoms with E-state index in [1.54, 1.807) is 12.4 Å². The SMILES string of the molecule is O=S([O-])Cc1ccccc1-c1cncc(Br)c1. The molecule has 0 spiro atoms. The summed E-state index contributed by atoms with van der Waals surface area (Å²) in [6.07, 6.45) is 3.41. The fraction of sp³-hybridized carbons (Fsp3) is 0.0833. The molecule has 3 nitrogen and oxygen atoms in total. The molecule has 1 aromatic heterocycles. The van der Waals surface area contributed by atoms with Crippen LogP contribution in [0.4, 0.5) is 0 Å². The van der Waals surface area contributed by atoms with E-state index < -0.39 is 11.1 Å². The summed E-state index contributed by atoms with van der Waals surface area (Å²) in [5, 5.41) is 0. The third-order valence-electron chi connectivity index (χ3n) is 2.31. The molecular formula is C12H9BrNO2S-. The lowest BCUT2D eigenvalue weighted by atomic mass is 10.0. The molecule has 0 aliphatic heterocycles. The van der Waals surface area contributed by atoms with Crippen LogP contribution < -0.4 is 0 Å². The van der Waals surface area contributed by atoms with Crippen LogP contribution in [-0.2, 0) is 16.8 Å². The monoisotopic (exact) mass is 310 g/mol. The van der Waals surface area contributed by atoms with Gasteiger partial charge in [-0.1, -0.05) is 35.3 Å². The summed E-state index contributed by atoms with van der Waals surface area (Å²) in [6.45, 7) is 0. The van der Waals surface area contributed by atoms with Crippen molar-refractivity contribution in [2.75, 3.05) is 0 Å². The van der Waals surface area contributed by atoms with E-state index in [4.69, 9.17) is 0 Å². The first-order valence-electron chi connectivity index (χ1n) is 4.91. The number of rotatable bonds is 3. The van der Waals surface area contributed by atoms with Crippen LogP contribution in [0, 0.1) is 0 Å². The van der Waals surface area contributed by atoms with Gasteiger partial charge in [-0.15, -0.1) is 0 Å². The summed E-state index contributed by atoms with van der Waals surface area (Å²) in [4.78, 5) is 4.08. The lowest BCUT2D eigenvalue weighted by Gasteiger charge is -2.11. The largest absolute Gasteiger partial charge is 0.772 e. The Morgan fingerprint density at radius 3 is 2.76 bits per heavy atom. The van der Waals surface area contributed by atoms with Crippen molar-refractivity contribution in [1.82, 2.24) is 4.98 Å². The maximum Gasteiger partial charge on any atom is 0.0410 e. The third-order valence-corrected chi connectivity index (χ3v) is 3.29. The second-order valence-corrected chi connectivity index (χ2v) is 5.31. The predicted molar refractivity (Wildman–Crippen MR) is 70.0 cm³/mol. The molecule has 0 bridgehead atoms. The first-order chi connectivity index (χ1) is 8.16. The maximum atomic E-state index is 10.8. The third kappa shape index (κ3) is 3.21. The van der Waals surface area contributed by atoms with Crippen LogP contribution in [0.2, 0.25) is 0 Å². The van der Waals surface area contributed by atoms with Gasteiger partial charge in [0.25, 0.3) is 0 Å².